The Morgan fingerprint density at radius 3 is 2.50 bits per heavy atom. The fraction of sp³-hybridized carbons (Fsp3) is 0.667. The maximum absolute atomic E-state index is 12.0. The minimum absolute atomic E-state index is 0.121. The molecule has 0 radical (unpaired) electrons. The number of amides is 1. The van der Waals surface area contributed by atoms with E-state index in [4.69, 9.17) is 10.5 Å². The van der Waals surface area contributed by atoms with E-state index in [1.165, 1.54) is 0 Å². The summed E-state index contributed by atoms with van der Waals surface area (Å²) >= 11 is 0. The van der Waals surface area contributed by atoms with Gasteiger partial charge in [-0.3, -0.25) is 0 Å². The molecule has 1 saturated heterocycles. The summed E-state index contributed by atoms with van der Waals surface area (Å²) in [5.41, 5.74) is 6.20. The number of hydrogen-bond acceptors (Lipinski definition) is 6. The fourth-order valence-electron chi connectivity index (χ4n) is 2.18. The Hall–Kier alpha value is -1.89. The van der Waals surface area contributed by atoms with Gasteiger partial charge in [0, 0.05) is 38.4 Å². The summed E-state index contributed by atoms with van der Waals surface area (Å²) in [5, 5.41) is 0. The van der Waals surface area contributed by atoms with Crippen LogP contribution < -0.4 is 10.6 Å². The summed E-state index contributed by atoms with van der Waals surface area (Å²) in [7, 11) is 0. The van der Waals surface area contributed by atoms with Crippen molar-refractivity contribution in [1.29, 1.82) is 0 Å². The molecule has 1 unspecified atom stereocenters. The van der Waals surface area contributed by atoms with Gasteiger partial charge in [-0.2, -0.15) is 0 Å². The molecule has 1 aliphatic heterocycles. The van der Waals surface area contributed by atoms with Gasteiger partial charge in [0.05, 0.1) is 5.69 Å². The largest absolute Gasteiger partial charge is 0.444 e. The van der Waals surface area contributed by atoms with Gasteiger partial charge in [-0.25, -0.2) is 14.8 Å². The number of piperazine rings is 1. The van der Waals surface area contributed by atoms with Crippen molar-refractivity contribution in [2.75, 3.05) is 31.1 Å². The second-order valence-corrected chi connectivity index (χ2v) is 6.52. The SMILES string of the molecule is CC(N)c1ccnc(N2CCN(C(=O)OC(C)(C)C)CC2)n1. The number of ether oxygens (including phenoxy) is 1. The first kappa shape index (κ1) is 16.5. The van der Waals surface area contributed by atoms with Crippen LogP contribution in [0, 0.1) is 0 Å². The lowest BCUT2D eigenvalue weighted by atomic mass is 10.2. The summed E-state index contributed by atoms with van der Waals surface area (Å²) in [5.74, 6) is 0.665. The second kappa shape index (κ2) is 6.48. The summed E-state index contributed by atoms with van der Waals surface area (Å²) in [4.78, 5) is 24.6. The van der Waals surface area contributed by atoms with E-state index in [0.717, 1.165) is 5.69 Å². The average molecular weight is 307 g/mol. The minimum Gasteiger partial charge on any atom is -0.444 e. The van der Waals surface area contributed by atoms with Crippen molar-refractivity contribution >= 4 is 12.0 Å². The molecule has 0 spiro atoms. The third-order valence-electron chi connectivity index (χ3n) is 3.35. The van der Waals surface area contributed by atoms with E-state index in [9.17, 15) is 4.79 Å². The molecule has 1 amide bonds. The van der Waals surface area contributed by atoms with E-state index < -0.39 is 5.60 Å². The van der Waals surface area contributed by atoms with Crippen LogP contribution in [0.15, 0.2) is 12.3 Å². The van der Waals surface area contributed by atoms with Crippen molar-refractivity contribution in [3.05, 3.63) is 18.0 Å². The Bertz CT molecular complexity index is 519. The molecule has 122 valence electrons. The molecule has 1 fully saturated rings. The Morgan fingerprint density at radius 2 is 1.95 bits per heavy atom. The molecular weight excluding hydrogens is 282 g/mol. The maximum Gasteiger partial charge on any atom is 0.410 e. The Labute approximate surface area is 131 Å². The fourth-order valence-corrected chi connectivity index (χ4v) is 2.18. The maximum atomic E-state index is 12.0. The molecule has 0 aromatic carbocycles. The first-order valence-electron chi connectivity index (χ1n) is 7.57. The van der Waals surface area contributed by atoms with Gasteiger partial charge in [0.2, 0.25) is 5.95 Å². The molecule has 1 aliphatic rings. The van der Waals surface area contributed by atoms with Crippen molar-refractivity contribution in [2.45, 2.75) is 39.3 Å². The lowest BCUT2D eigenvalue weighted by molar-refractivity contribution is 0.0240. The van der Waals surface area contributed by atoms with Gasteiger partial charge < -0.3 is 20.3 Å². The number of aromatic nitrogens is 2. The first-order valence-corrected chi connectivity index (χ1v) is 7.57. The summed E-state index contributed by atoms with van der Waals surface area (Å²) in [6.45, 7) is 10.1. The van der Waals surface area contributed by atoms with Gasteiger partial charge in [0.1, 0.15) is 5.60 Å². The lowest BCUT2D eigenvalue weighted by Crippen LogP contribution is -2.50. The van der Waals surface area contributed by atoms with Crippen LogP contribution in [0.2, 0.25) is 0 Å². The predicted molar refractivity (Wildman–Crippen MR) is 84.7 cm³/mol. The Balaban J connectivity index is 1.95. The van der Waals surface area contributed by atoms with E-state index in [1.807, 2.05) is 33.8 Å². The average Bonchev–Trinajstić information content (AvgIpc) is 2.46. The van der Waals surface area contributed by atoms with Gasteiger partial charge in [0.15, 0.2) is 0 Å². The number of nitrogens with zero attached hydrogens (tertiary/aromatic N) is 4. The van der Waals surface area contributed by atoms with Crippen molar-refractivity contribution in [2.24, 2.45) is 5.73 Å². The topological polar surface area (TPSA) is 84.6 Å². The van der Waals surface area contributed by atoms with Crippen LogP contribution in [-0.2, 0) is 4.74 Å². The highest BCUT2D eigenvalue weighted by Crippen LogP contribution is 2.16. The molecule has 7 nitrogen and oxygen atoms in total. The molecule has 2 rings (SSSR count). The van der Waals surface area contributed by atoms with Gasteiger partial charge in [-0.1, -0.05) is 0 Å². The summed E-state index contributed by atoms with van der Waals surface area (Å²) in [6, 6.07) is 1.70. The zero-order chi connectivity index (χ0) is 16.3. The first-order chi connectivity index (χ1) is 10.3. The third-order valence-corrected chi connectivity index (χ3v) is 3.35. The van der Waals surface area contributed by atoms with Crippen LogP contribution in [-0.4, -0.2) is 52.7 Å². The monoisotopic (exact) mass is 307 g/mol. The highest BCUT2D eigenvalue weighted by molar-refractivity contribution is 5.68. The molecule has 22 heavy (non-hydrogen) atoms. The molecule has 2 heterocycles. The van der Waals surface area contributed by atoms with Crippen LogP contribution in [0.1, 0.15) is 39.4 Å². The standard InChI is InChI=1S/C15H25N5O2/c1-11(16)12-5-6-17-13(18-12)19-7-9-20(10-8-19)14(21)22-15(2,3)4/h5-6,11H,7-10,16H2,1-4H3. The van der Waals surface area contributed by atoms with Crippen molar-refractivity contribution in [1.82, 2.24) is 14.9 Å². The second-order valence-electron chi connectivity index (χ2n) is 6.52. The van der Waals surface area contributed by atoms with E-state index in [1.54, 1.807) is 11.1 Å². The number of nitrogens with two attached hydrogens (primary N) is 1. The van der Waals surface area contributed by atoms with Crippen molar-refractivity contribution in [3.8, 4) is 0 Å². The number of hydrogen-bond donors (Lipinski definition) is 1. The van der Waals surface area contributed by atoms with Crippen LogP contribution in [0.3, 0.4) is 0 Å². The van der Waals surface area contributed by atoms with E-state index in [2.05, 4.69) is 14.9 Å². The summed E-state index contributed by atoms with van der Waals surface area (Å²) < 4.78 is 5.39. The third kappa shape index (κ3) is 4.30. The normalized spacial score (nSPS) is 17.3. The molecule has 1 aromatic heterocycles. The molecular formula is C15H25N5O2. The van der Waals surface area contributed by atoms with Crippen LogP contribution in [0.25, 0.3) is 0 Å². The van der Waals surface area contributed by atoms with Crippen molar-refractivity contribution < 1.29 is 9.53 Å². The predicted octanol–water partition coefficient (Wildman–Crippen LogP) is 1.55. The molecule has 1 atom stereocenters. The highest BCUT2D eigenvalue weighted by atomic mass is 16.6. The van der Waals surface area contributed by atoms with Crippen LogP contribution >= 0.6 is 0 Å². The highest BCUT2D eigenvalue weighted by Gasteiger charge is 2.26. The molecule has 0 aliphatic carbocycles. The smallest absolute Gasteiger partial charge is 0.410 e. The van der Waals surface area contributed by atoms with Crippen molar-refractivity contribution in [3.63, 3.8) is 0 Å². The quantitative estimate of drug-likeness (QED) is 0.892. The summed E-state index contributed by atoms with van der Waals surface area (Å²) in [6.07, 6.45) is 1.46. The van der Waals surface area contributed by atoms with E-state index >= 15 is 0 Å². The minimum atomic E-state index is -0.469. The number of carbonyl (C=O) groups is 1. The lowest BCUT2D eigenvalue weighted by Gasteiger charge is -2.35. The number of rotatable bonds is 2. The molecule has 2 N–H and O–H groups in total. The Kier molecular flexibility index (Phi) is 4.85. The van der Waals surface area contributed by atoms with Crippen LogP contribution in [0.4, 0.5) is 10.7 Å². The van der Waals surface area contributed by atoms with Crippen LogP contribution in [0.5, 0.6) is 0 Å². The number of carbonyl (C=O) groups excluding carboxylic acids is 1. The number of anilines is 1. The van der Waals surface area contributed by atoms with Gasteiger partial charge in [0.25, 0.3) is 0 Å². The molecule has 0 bridgehead atoms. The zero-order valence-corrected chi connectivity index (χ0v) is 13.7. The zero-order valence-electron chi connectivity index (χ0n) is 13.7. The molecule has 1 aromatic rings. The van der Waals surface area contributed by atoms with Gasteiger partial charge >= 0.3 is 6.09 Å². The van der Waals surface area contributed by atoms with Gasteiger partial charge in [-0.15, -0.1) is 0 Å². The van der Waals surface area contributed by atoms with E-state index in [-0.39, 0.29) is 12.1 Å². The molecule has 0 saturated carbocycles. The van der Waals surface area contributed by atoms with E-state index in [0.29, 0.717) is 32.1 Å². The molecule has 7 heteroatoms. The van der Waals surface area contributed by atoms with Gasteiger partial charge in [-0.05, 0) is 33.8 Å². The Morgan fingerprint density at radius 1 is 1.32 bits per heavy atom.